The molecular weight excluding hydrogens is 584 g/mol. The van der Waals surface area contributed by atoms with Gasteiger partial charge in [-0.15, -0.1) is 0 Å². The highest BCUT2D eigenvalue weighted by atomic mass is 32.2. The molecule has 2 aromatic heterocycles. The van der Waals surface area contributed by atoms with Crippen molar-refractivity contribution >= 4 is 51.8 Å². The fraction of sp³-hybridized carbons (Fsp3) is 0.257. The normalized spacial score (nSPS) is 11.3. The number of pyridine rings is 1. The Kier molecular flexibility index (Phi) is 9.43. The van der Waals surface area contributed by atoms with E-state index in [1.54, 1.807) is 16.9 Å². The summed E-state index contributed by atoms with van der Waals surface area (Å²) in [5, 5.41) is 15.4. The van der Waals surface area contributed by atoms with Crippen molar-refractivity contribution < 1.29 is 14.3 Å². The van der Waals surface area contributed by atoms with Crippen LogP contribution >= 0.6 is 11.8 Å². The maximum atomic E-state index is 13.4. The van der Waals surface area contributed by atoms with Crippen LogP contribution in [-0.4, -0.2) is 38.7 Å². The number of hydrogen-bond acceptors (Lipinski definition) is 6. The molecule has 0 aliphatic rings. The molecule has 0 atom stereocenters. The molecule has 0 saturated carbocycles. The number of nitrogens with zero attached hydrogens (tertiary/aromatic N) is 3. The molecule has 3 N–H and O–H groups in total. The first-order chi connectivity index (χ1) is 21.6. The highest BCUT2D eigenvalue weighted by molar-refractivity contribution is 7.99. The van der Waals surface area contributed by atoms with Gasteiger partial charge in [0.05, 0.1) is 22.8 Å². The highest BCUT2D eigenvalue weighted by Gasteiger charge is 2.22. The second kappa shape index (κ2) is 13.4. The smallest absolute Gasteiger partial charge is 0.324 e. The first kappa shape index (κ1) is 31.6. The van der Waals surface area contributed by atoms with Crippen molar-refractivity contribution in [2.45, 2.75) is 46.5 Å². The number of thioether (sulfide) groups is 1. The van der Waals surface area contributed by atoms with Gasteiger partial charge in [0.25, 0.3) is 0 Å². The van der Waals surface area contributed by atoms with E-state index in [1.807, 2.05) is 86.8 Å². The van der Waals surface area contributed by atoms with Crippen LogP contribution in [0.25, 0.3) is 16.5 Å². The fourth-order valence-corrected chi connectivity index (χ4v) is 5.23. The number of carbonyl (C=O) groups excluding carboxylic acids is 2. The molecule has 9 nitrogen and oxygen atoms in total. The molecule has 232 valence electrons. The predicted molar refractivity (Wildman–Crippen MR) is 184 cm³/mol. The molecule has 3 aromatic carbocycles. The van der Waals surface area contributed by atoms with Crippen LogP contribution in [0.3, 0.4) is 0 Å². The third-order valence-electron chi connectivity index (χ3n) is 7.25. The first-order valence-electron chi connectivity index (χ1n) is 14.8. The van der Waals surface area contributed by atoms with E-state index in [1.165, 1.54) is 11.8 Å². The molecule has 0 unspecified atom stereocenters. The Balaban J connectivity index is 1.42. The highest BCUT2D eigenvalue weighted by Crippen LogP contribution is 2.37. The molecule has 0 saturated heterocycles. The molecule has 5 aromatic rings. The molecule has 10 heteroatoms. The van der Waals surface area contributed by atoms with Gasteiger partial charge in [-0.1, -0.05) is 69.7 Å². The van der Waals surface area contributed by atoms with Crippen LogP contribution in [0.2, 0.25) is 0 Å². The Labute approximate surface area is 267 Å². The second-order valence-corrected chi connectivity index (χ2v) is 12.6. The van der Waals surface area contributed by atoms with Gasteiger partial charge in [-0.05, 0) is 49.9 Å². The van der Waals surface area contributed by atoms with Gasteiger partial charge in [0.1, 0.15) is 23.1 Å². The van der Waals surface area contributed by atoms with E-state index < -0.39 is 6.03 Å². The van der Waals surface area contributed by atoms with E-state index in [0.29, 0.717) is 41.0 Å². The number of hydrogen-bond donors (Lipinski definition) is 3. The Hall–Kier alpha value is -4.83. The zero-order chi connectivity index (χ0) is 32.1. The number of aryl methyl sites for hydroxylation is 1. The number of benzene rings is 3. The summed E-state index contributed by atoms with van der Waals surface area (Å²) < 4.78 is 8.18. The van der Waals surface area contributed by atoms with Crippen molar-refractivity contribution in [1.29, 1.82) is 0 Å². The lowest BCUT2D eigenvalue weighted by molar-refractivity contribution is -0.113. The second-order valence-electron chi connectivity index (χ2n) is 11.7. The molecule has 0 bridgehead atoms. The molecule has 5 rings (SSSR count). The van der Waals surface area contributed by atoms with Gasteiger partial charge < -0.3 is 15.4 Å². The quantitative estimate of drug-likeness (QED) is 0.152. The van der Waals surface area contributed by atoms with E-state index in [0.717, 1.165) is 33.3 Å². The predicted octanol–water partition coefficient (Wildman–Crippen LogP) is 8.33. The largest absolute Gasteiger partial charge is 0.456 e. The number of nitrogens with one attached hydrogen (secondary N) is 3. The van der Waals surface area contributed by atoms with E-state index in [9.17, 15) is 9.59 Å². The molecular formula is C35H38N6O3S. The maximum Gasteiger partial charge on any atom is 0.324 e. The van der Waals surface area contributed by atoms with Crippen molar-refractivity contribution in [2.75, 3.05) is 28.0 Å². The van der Waals surface area contributed by atoms with E-state index >= 15 is 0 Å². The van der Waals surface area contributed by atoms with E-state index in [-0.39, 0.29) is 11.3 Å². The summed E-state index contributed by atoms with van der Waals surface area (Å²) >= 11 is 1.45. The van der Waals surface area contributed by atoms with Gasteiger partial charge in [-0.25, -0.2) is 14.5 Å². The molecule has 0 fully saturated rings. The summed E-state index contributed by atoms with van der Waals surface area (Å²) in [7, 11) is 0. The topological polar surface area (TPSA) is 110 Å². The first-order valence-corrected chi connectivity index (χ1v) is 16.2. The Bertz CT molecular complexity index is 1840. The number of amides is 3. The van der Waals surface area contributed by atoms with Crippen LogP contribution in [0.1, 0.15) is 44.5 Å². The van der Waals surface area contributed by atoms with Crippen molar-refractivity contribution in [3.8, 4) is 17.2 Å². The molecule has 0 radical (unpaired) electrons. The Morgan fingerprint density at radius 3 is 2.33 bits per heavy atom. The van der Waals surface area contributed by atoms with Crippen molar-refractivity contribution in [2.24, 2.45) is 0 Å². The number of urea groups is 1. The average Bonchev–Trinajstić information content (AvgIpc) is 3.43. The average molecular weight is 623 g/mol. The third-order valence-corrected chi connectivity index (χ3v) is 7.80. The summed E-state index contributed by atoms with van der Waals surface area (Å²) in [6.45, 7) is 10.3. The van der Waals surface area contributed by atoms with Gasteiger partial charge in [-0.3, -0.25) is 10.1 Å². The summed E-state index contributed by atoms with van der Waals surface area (Å²) in [4.78, 5) is 30.1. The molecule has 0 aliphatic carbocycles. The van der Waals surface area contributed by atoms with E-state index in [2.05, 4.69) is 41.7 Å². The molecule has 3 amide bonds. The van der Waals surface area contributed by atoms with Gasteiger partial charge in [-0.2, -0.15) is 16.9 Å². The van der Waals surface area contributed by atoms with Crippen molar-refractivity contribution in [1.82, 2.24) is 14.8 Å². The van der Waals surface area contributed by atoms with Crippen LogP contribution in [0.5, 0.6) is 11.5 Å². The fourth-order valence-electron chi connectivity index (χ4n) is 4.90. The summed E-state index contributed by atoms with van der Waals surface area (Å²) in [6, 6.07) is 22.7. The maximum absolute atomic E-state index is 13.4. The molecule has 2 heterocycles. The summed E-state index contributed by atoms with van der Waals surface area (Å²) in [5.41, 5.74) is 4.08. The van der Waals surface area contributed by atoms with Gasteiger partial charge in [0.2, 0.25) is 5.91 Å². The molecule has 0 spiro atoms. The number of rotatable bonds is 9. The van der Waals surface area contributed by atoms with Gasteiger partial charge in [0, 0.05) is 34.0 Å². The summed E-state index contributed by atoms with van der Waals surface area (Å²) in [6.07, 6.45) is 4.12. The number of carbonyl (C=O) groups is 2. The minimum absolute atomic E-state index is 0.113. The van der Waals surface area contributed by atoms with Crippen LogP contribution < -0.4 is 20.7 Å². The number of ether oxygens (including phenoxy) is 1. The van der Waals surface area contributed by atoms with Crippen molar-refractivity contribution in [3.63, 3.8) is 0 Å². The van der Waals surface area contributed by atoms with Crippen molar-refractivity contribution in [3.05, 3.63) is 95.8 Å². The van der Waals surface area contributed by atoms with Crippen LogP contribution in [0.15, 0.2) is 79.0 Å². The van der Waals surface area contributed by atoms with Crippen LogP contribution in [0.4, 0.5) is 22.1 Å². The van der Waals surface area contributed by atoms with Crippen LogP contribution in [-0.2, 0) is 16.6 Å². The van der Waals surface area contributed by atoms with Gasteiger partial charge >= 0.3 is 6.03 Å². The molecule has 0 aliphatic heterocycles. The van der Waals surface area contributed by atoms with Gasteiger partial charge in [0.15, 0.2) is 0 Å². The monoisotopic (exact) mass is 622 g/mol. The Morgan fingerprint density at radius 1 is 0.911 bits per heavy atom. The summed E-state index contributed by atoms with van der Waals surface area (Å²) in [5.74, 6) is 2.51. The lowest BCUT2D eigenvalue weighted by atomic mass is 9.92. The Morgan fingerprint density at radius 2 is 1.64 bits per heavy atom. The number of fused-ring (bicyclic) bond motifs is 1. The minimum Gasteiger partial charge on any atom is -0.456 e. The standard InChI is InChI=1S/C35H38N6O3S/c1-7-24-29(18-19-36-33(24)39-32(42)21-45-6)44-28-17-16-27(25-10-8-9-11-26(25)28)37-34(43)38-31-20-30(35(3,4)5)40-41(31)23-14-12-22(2)13-15-23/h8-20H,7,21H2,1-6H3,(H,36,39,42)(H2,37,38,43). The zero-order valence-corrected chi connectivity index (χ0v) is 27.2. The third kappa shape index (κ3) is 7.29. The lowest BCUT2D eigenvalue weighted by Crippen LogP contribution is -2.21. The lowest BCUT2D eigenvalue weighted by Gasteiger charge is -2.17. The zero-order valence-electron chi connectivity index (χ0n) is 26.4. The molecule has 45 heavy (non-hydrogen) atoms. The minimum atomic E-state index is -0.393. The number of aromatic nitrogens is 3. The SMILES string of the molecule is CCc1c(Oc2ccc(NC(=O)Nc3cc(C(C)(C)C)nn3-c3ccc(C)cc3)c3ccccc23)ccnc1NC(=O)CSC. The van der Waals surface area contributed by atoms with Crippen LogP contribution in [0, 0.1) is 6.92 Å². The van der Waals surface area contributed by atoms with E-state index in [4.69, 9.17) is 9.84 Å². The number of anilines is 3.